The molecule has 0 spiro atoms. The van der Waals surface area contributed by atoms with E-state index < -0.39 is 26.7 Å². The molecule has 2 bridgehead atoms. The number of benzene rings is 2. The largest absolute Gasteiger partial charge is 0.467 e. The lowest BCUT2D eigenvalue weighted by Gasteiger charge is -2.59. The third kappa shape index (κ3) is 2.87. The van der Waals surface area contributed by atoms with Crippen LogP contribution in [0.4, 0.5) is 0 Å². The van der Waals surface area contributed by atoms with Crippen molar-refractivity contribution >= 4 is 15.7 Å². The highest BCUT2D eigenvalue weighted by atomic mass is 32.2. The molecular weight excluding hydrogens is 410 g/mol. The van der Waals surface area contributed by atoms with Crippen LogP contribution in [0.25, 0.3) is 0 Å². The monoisotopic (exact) mass is 439 g/mol. The molecule has 164 valence electrons. The average Bonchev–Trinajstić information content (AvgIpc) is 2.77. The van der Waals surface area contributed by atoms with Crippen LogP contribution in [0.3, 0.4) is 0 Å². The molecule has 6 heteroatoms. The second-order valence-corrected chi connectivity index (χ2v) is 11.5. The van der Waals surface area contributed by atoms with E-state index >= 15 is 0 Å². The summed E-state index contributed by atoms with van der Waals surface area (Å²) in [4.78, 5) is 15.5. The van der Waals surface area contributed by atoms with E-state index in [1.807, 2.05) is 36.4 Å². The molecule has 0 aromatic heterocycles. The Hall–Kier alpha value is -2.34. The minimum Gasteiger partial charge on any atom is -0.467 e. The zero-order valence-electron chi connectivity index (χ0n) is 18.2. The third-order valence-corrected chi connectivity index (χ3v) is 9.65. The first-order valence-corrected chi connectivity index (χ1v) is 12.7. The van der Waals surface area contributed by atoms with Crippen molar-refractivity contribution in [3.63, 3.8) is 0 Å². The van der Waals surface area contributed by atoms with Crippen molar-refractivity contribution in [3.8, 4) is 5.75 Å². The second kappa shape index (κ2) is 7.09. The van der Waals surface area contributed by atoms with Crippen molar-refractivity contribution in [2.45, 2.75) is 67.2 Å². The molecule has 2 aromatic rings. The van der Waals surface area contributed by atoms with Gasteiger partial charge in [-0.25, -0.2) is 8.42 Å². The zero-order chi connectivity index (χ0) is 22.0. The Bertz CT molecular complexity index is 1120. The fourth-order valence-electron chi connectivity index (χ4n) is 5.90. The fourth-order valence-corrected chi connectivity index (χ4v) is 7.86. The SMILES string of the molecule is CC(C)c1ccc(S(=O)(=O)C2C(=O)N(C)C34CCCCC3C2c2ccccc2O4)cc1. The summed E-state index contributed by atoms with van der Waals surface area (Å²) >= 11 is 0. The summed E-state index contributed by atoms with van der Waals surface area (Å²) in [5.74, 6) is 0.229. The number of piperidine rings is 1. The van der Waals surface area contributed by atoms with Gasteiger partial charge < -0.3 is 9.64 Å². The number of fused-ring (bicyclic) bond motifs is 2. The van der Waals surface area contributed by atoms with Crippen molar-refractivity contribution in [1.29, 1.82) is 0 Å². The molecule has 1 amide bonds. The Morgan fingerprint density at radius 1 is 1.06 bits per heavy atom. The molecule has 1 aliphatic carbocycles. The summed E-state index contributed by atoms with van der Waals surface area (Å²) in [6.45, 7) is 4.15. The molecule has 3 aliphatic rings. The van der Waals surface area contributed by atoms with Crippen LogP contribution in [0.2, 0.25) is 0 Å². The summed E-state index contributed by atoms with van der Waals surface area (Å²) in [5, 5.41) is -1.14. The van der Waals surface area contributed by atoms with Gasteiger partial charge in [0, 0.05) is 25.3 Å². The molecule has 2 aromatic carbocycles. The van der Waals surface area contributed by atoms with Crippen LogP contribution >= 0.6 is 0 Å². The van der Waals surface area contributed by atoms with Gasteiger partial charge in [-0.2, -0.15) is 0 Å². The third-order valence-electron chi connectivity index (χ3n) is 7.56. The predicted octanol–water partition coefficient (Wildman–Crippen LogP) is 4.49. The molecule has 5 nitrogen and oxygen atoms in total. The second-order valence-electron chi connectivity index (χ2n) is 9.45. The van der Waals surface area contributed by atoms with Gasteiger partial charge in [0.25, 0.3) is 0 Å². The molecule has 4 atom stereocenters. The van der Waals surface area contributed by atoms with Crippen LogP contribution in [0.15, 0.2) is 53.4 Å². The van der Waals surface area contributed by atoms with Gasteiger partial charge in [-0.15, -0.1) is 0 Å². The number of hydrogen-bond donors (Lipinski definition) is 0. The highest BCUT2D eigenvalue weighted by Gasteiger charge is 2.64. The van der Waals surface area contributed by atoms with Crippen LogP contribution in [0, 0.1) is 5.92 Å². The smallest absolute Gasteiger partial charge is 0.244 e. The molecule has 31 heavy (non-hydrogen) atoms. The first-order valence-electron chi connectivity index (χ1n) is 11.2. The molecule has 2 aliphatic heterocycles. The molecule has 2 fully saturated rings. The van der Waals surface area contributed by atoms with Gasteiger partial charge in [0.15, 0.2) is 20.8 Å². The molecule has 0 N–H and O–H groups in total. The maximum absolute atomic E-state index is 13.9. The zero-order valence-corrected chi connectivity index (χ0v) is 19.1. The van der Waals surface area contributed by atoms with Crippen LogP contribution in [0.5, 0.6) is 5.75 Å². The Kier molecular flexibility index (Phi) is 4.70. The Morgan fingerprint density at radius 3 is 2.48 bits per heavy atom. The number of nitrogens with zero attached hydrogens (tertiary/aromatic N) is 1. The Morgan fingerprint density at radius 2 is 1.77 bits per heavy atom. The van der Waals surface area contributed by atoms with Crippen molar-refractivity contribution in [3.05, 3.63) is 59.7 Å². The van der Waals surface area contributed by atoms with Crippen LogP contribution in [-0.2, 0) is 14.6 Å². The van der Waals surface area contributed by atoms with E-state index in [0.29, 0.717) is 11.7 Å². The van der Waals surface area contributed by atoms with E-state index in [4.69, 9.17) is 4.74 Å². The molecule has 1 saturated carbocycles. The highest BCUT2D eigenvalue weighted by Crippen LogP contribution is 2.58. The molecular formula is C25H29NO4S. The van der Waals surface area contributed by atoms with Crippen molar-refractivity contribution in [1.82, 2.24) is 4.90 Å². The first kappa shape index (κ1) is 20.6. The molecule has 2 heterocycles. The first-order chi connectivity index (χ1) is 14.8. The summed E-state index contributed by atoms with van der Waals surface area (Å²) in [5.41, 5.74) is 1.18. The number of amides is 1. The van der Waals surface area contributed by atoms with Crippen molar-refractivity contribution in [2.75, 3.05) is 7.05 Å². The quantitative estimate of drug-likeness (QED) is 0.707. The van der Waals surface area contributed by atoms with Gasteiger partial charge in [0.1, 0.15) is 5.75 Å². The van der Waals surface area contributed by atoms with Crippen LogP contribution in [0.1, 0.15) is 62.5 Å². The van der Waals surface area contributed by atoms with Crippen LogP contribution < -0.4 is 4.74 Å². The number of para-hydroxylation sites is 1. The van der Waals surface area contributed by atoms with Crippen molar-refractivity contribution in [2.24, 2.45) is 5.92 Å². The number of hydrogen-bond acceptors (Lipinski definition) is 4. The van der Waals surface area contributed by atoms with Crippen molar-refractivity contribution < 1.29 is 17.9 Å². The van der Waals surface area contributed by atoms with E-state index in [2.05, 4.69) is 13.8 Å². The number of carbonyl (C=O) groups excluding carboxylic acids is 1. The van der Waals surface area contributed by atoms with E-state index in [-0.39, 0.29) is 16.7 Å². The van der Waals surface area contributed by atoms with Gasteiger partial charge in [-0.05, 0) is 48.1 Å². The maximum Gasteiger partial charge on any atom is 0.244 e. The lowest BCUT2D eigenvalue weighted by molar-refractivity contribution is -0.191. The number of likely N-dealkylation sites (tertiary alicyclic amines) is 1. The van der Waals surface area contributed by atoms with E-state index in [0.717, 1.165) is 36.8 Å². The summed E-state index contributed by atoms with van der Waals surface area (Å²) < 4.78 is 34.3. The summed E-state index contributed by atoms with van der Waals surface area (Å²) in [7, 11) is -2.16. The van der Waals surface area contributed by atoms with Crippen LogP contribution in [-0.4, -0.2) is 37.2 Å². The van der Waals surface area contributed by atoms with Gasteiger partial charge in [-0.1, -0.05) is 50.6 Å². The normalized spacial score (nSPS) is 29.9. The lowest BCUT2D eigenvalue weighted by atomic mass is 9.65. The fraction of sp³-hybridized carbons (Fsp3) is 0.480. The number of carbonyl (C=O) groups is 1. The number of rotatable bonds is 3. The van der Waals surface area contributed by atoms with E-state index in [9.17, 15) is 13.2 Å². The number of ether oxygens (including phenoxy) is 1. The maximum atomic E-state index is 13.9. The topological polar surface area (TPSA) is 63.7 Å². The van der Waals surface area contributed by atoms with Gasteiger partial charge in [0.05, 0.1) is 4.90 Å². The predicted molar refractivity (Wildman–Crippen MR) is 119 cm³/mol. The molecule has 4 unspecified atom stereocenters. The lowest BCUT2D eigenvalue weighted by Crippen LogP contribution is -2.71. The highest BCUT2D eigenvalue weighted by molar-refractivity contribution is 7.92. The molecule has 0 radical (unpaired) electrons. The van der Waals surface area contributed by atoms with Gasteiger partial charge in [-0.3, -0.25) is 4.79 Å². The van der Waals surface area contributed by atoms with Gasteiger partial charge >= 0.3 is 0 Å². The molecule has 1 saturated heterocycles. The standard InChI is InChI=1S/C25H29NO4S/c1-16(2)17-11-13-18(14-12-17)31(28,29)23-22-19-8-4-5-10-21(19)30-25(26(3)24(23)27)15-7-6-9-20(22)25/h4-5,8,10-14,16,20,22-23H,6-7,9,15H2,1-3H3. The minimum atomic E-state index is -3.88. The van der Waals surface area contributed by atoms with Gasteiger partial charge in [0.2, 0.25) is 5.91 Å². The summed E-state index contributed by atoms with van der Waals surface area (Å²) in [6, 6.07) is 14.7. The molecule has 5 rings (SSSR count). The Balaban J connectivity index is 1.68. The van der Waals surface area contributed by atoms with E-state index in [1.165, 1.54) is 0 Å². The number of sulfone groups is 1. The minimum absolute atomic E-state index is 0.0337. The van der Waals surface area contributed by atoms with E-state index in [1.54, 1.807) is 24.1 Å². The Labute approximate surface area is 184 Å². The average molecular weight is 440 g/mol. The summed E-state index contributed by atoms with van der Waals surface area (Å²) in [6.07, 6.45) is 3.58.